The molecule has 0 saturated carbocycles. The fraction of sp³-hybridized carbons (Fsp3) is 0.190. The van der Waals surface area contributed by atoms with Crippen molar-refractivity contribution in [2.45, 2.75) is 18.6 Å². The lowest BCUT2D eigenvalue weighted by molar-refractivity contribution is -0.127. The van der Waals surface area contributed by atoms with Gasteiger partial charge in [0.2, 0.25) is 11.8 Å². The minimum absolute atomic E-state index is 0.0961. The van der Waals surface area contributed by atoms with Gasteiger partial charge in [0.05, 0.1) is 5.69 Å². The van der Waals surface area contributed by atoms with E-state index in [0.29, 0.717) is 11.7 Å². The van der Waals surface area contributed by atoms with Gasteiger partial charge in [-0.2, -0.15) is 0 Å². The molecule has 0 aliphatic carbocycles. The first-order valence-electron chi connectivity index (χ1n) is 8.66. The zero-order valence-electron chi connectivity index (χ0n) is 15.1. The fourth-order valence-corrected chi connectivity index (χ4v) is 3.88. The summed E-state index contributed by atoms with van der Waals surface area (Å²) in [6.45, 7) is 6.07. The van der Waals surface area contributed by atoms with Gasteiger partial charge in [0.1, 0.15) is 5.25 Å². The third-order valence-corrected chi connectivity index (χ3v) is 5.27. The van der Waals surface area contributed by atoms with Crippen molar-refractivity contribution in [2.75, 3.05) is 11.9 Å². The van der Waals surface area contributed by atoms with Gasteiger partial charge in [0, 0.05) is 18.7 Å². The number of aliphatic imine (C=N–C) groups is 1. The Morgan fingerprint density at radius 3 is 2.63 bits per heavy atom. The number of para-hydroxylation sites is 2. The molecule has 2 aromatic carbocycles. The number of carbonyl (C=O) groups excluding carboxylic acids is 2. The lowest BCUT2D eigenvalue weighted by atomic mass is 10.2. The second kappa shape index (κ2) is 8.68. The van der Waals surface area contributed by atoms with E-state index in [1.807, 2.05) is 61.5 Å². The van der Waals surface area contributed by atoms with E-state index in [0.717, 1.165) is 16.9 Å². The Balaban J connectivity index is 1.75. The maximum atomic E-state index is 12.8. The number of hydrogen-bond acceptors (Lipinski definition) is 4. The topological polar surface area (TPSA) is 61.8 Å². The van der Waals surface area contributed by atoms with Crippen molar-refractivity contribution in [3.8, 4) is 0 Å². The lowest BCUT2D eigenvalue weighted by Gasteiger charge is -2.14. The van der Waals surface area contributed by atoms with Gasteiger partial charge < -0.3 is 5.32 Å². The second-order valence-electron chi connectivity index (χ2n) is 6.14. The summed E-state index contributed by atoms with van der Waals surface area (Å²) in [6, 6.07) is 17.0. The Morgan fingerprint density at radius 2 is 1.93 bits per heavy atom. The van der Waals surface area contributed by atoms with Gasteiger partial charge in [0.15, 0.2) is 5.17 Å². The van der Waals surface area contributed by atoms with E-state index in [1.54, 1.807) is 11.0 Å². The molecule has 1 aliphatic heterocycles. The van der Waals surface area contributed by atoms with Gasteiger partial charge >= 0.3 is 0 Å². The lowest BCUT2D eigenvalue weighted by Crippen LogP contribution is -2.33. The number of carbonyl (C=O) groups is 2. The molecule has 1 fully saturated rings. The zero-order valence-corrected chi connectivity index (χ0v) is 15.9. The molecule has 3 rings (SSSR count). The smallest absolute Gasteiger partial charge is 0.242 e. The van der Waals surface area contributed by atoms with Crippen LogP contribution < -0.4 is 5.32 Å². The van der Waals surface area contributed by atoms with Crippen LogP contribution in [0, 0.1) is 6.92 Å². The highest BCUT2D eigenvalue weighted by atomic mass is 32.2. The molecule has 0 bridgehead atoms. The Labute approximate surface area is 163 Å². The molecule has 6 heteroatoms. The normalized spacial score (nSPS) is 18.0. The summed E-state index contributed by atoms with van der Waals surface area (Å²) < 4.78 is 0. The van der Waals surface area contributed by atoms with Gasteiger partial charge in [-0.3, -0.25) is 14.5 Å². The zero-order chi connectivity index (χ0) is 19.2. The summed E-state index contributed by atoms with van der Waals surface area (Å²) in [5, 5.41) is 2.94. The van der Waals surface area contributed by atoms with Crippen LogP contribution in [0.25, 0.3) is 0 Å². The van der Waals surface area contributed by atoms with Crippen molar-refractivity contribution >= 4 is 40.1 Å². The quantitative estimate of drug-likeness (QED) is 0.767. The molecule has 1 atom stereocenters. The number of amides is 2. The van der Waals surface area contributed by atoms with Crippen LogP contribution in [0.3, 0.4) is 0 Å². The van der Waals surface area contributed by atoms with Crippen LogP contribution in [-0.2, 0) is 9.59 Å². The highest BCUT2D eigenvalue weighted by molar-refractivity contribution is 8.15. The van der Waals surface area contributed by atoms with Crippen molar-refractivity contribution in [1.29, 1.82) is 0 Å². The van der Waals surface area contributed by atoms with Crippen molar-refractivity contribution < 1.29 is 9.59 Å². The largest absolute Gasteiger partial charge is 0.326 e. The fourth-order valence-electron chi connectivity index (χ4n) is 2.72. The summed E-state index contributed by atoms with van der Waals surface area (Å²) in [6.07, 6.45) is 1.76. The summed E-state index contributed by atoms with van der Waals surface area (Å²) >= 11 is 1.33. The van der Waals surface area contributed by atoms with Gasteiger partial charge in [-0.1, -0.05) is 54.2 Å². The number of thioether (sulfide) groups is 1. The summed E-state index contributed by atoms with van der Waals surface area (Å²) in [5.41, 5.74) is 2.56. The van der Waals surface area contributed by atoms with Gasteiger partial charge in [-0.25, -0.2) is 4.99 Å². The maximum Gasteiger partial charge on any atom is 0.242 e. The molecule has 1 heterocycles. The number of rotatable bonds is 6. The highest BCUT2D eigenvalue weighted by Crippen LogP contribution is 2.32. The van der Waals surface area contributed by atoms with Crippen molar-refractivity contribution in [3.05, 3.63) is 72.8 Å². The molecule has 1 aliphatic rings. The van der Waals surface area contributed by atoms with Gasteiger partial charge in [-0.15, -0.1) is 6.58 Å². The first kappa shape index (κ1) is 18.9. The number of hydrogen-bond donors (Lipinski definition) is 1. The van der Waals surface area contributed by atoms with Crippen molar-refractivity contribution in [3.63, 3.8) is 0 Å². The molecule has 2 aromatic rings. The molecule has 2 amide bonds. The van der Waals surface area contributed by atoms with E-state index in [4.69, 9.17) is 0 Å². The van der Waals surface area contributed by atoms with E-state index in [2.05, 4.69) is 16.9 Å². The molecule has 138 valence electrons. The van der Waals surface area contributed by atoms with E-state index in [-0.39, 0.29) is 18.2 Å². The van der Waals surface area contributed by atoms with Crippen LogP contribution in [-0.4, -0.2) is 33.7 Å². The SMILES string of the molecule is C=CCN1C(=O)C(CC(=O)Nc2ccccc2)SC1=Nc1ccccc1C. The predicted molar refractivity (Wildman–Crippen MR) is 111 cm³/mol. The number of benzene rings is 2. The van der Waals surface area contributed by atoms with Crippen LogP contribution in [0.5, 0.6) is 0 Å². The van der Waals surface area contributed by atoms with E-state index in [1.165, 1.54) is 11.8 Å². The molecule has 0 radical (unpaired) electrons. The first-order chi connectivity index (χ1) is 13.1. The molecule has 5 nitrogen and oxygen atoms in total. The first-order valence-corrected chi connectivity index (χ1v) is 9.54. The molecular formula is C21H21N3O2S. The number of nitrogens with zero attached hydrogens (tertiary/aromatic N) is 2. The van der Waals surface area contributed by atoms with Crippen LogP contribution in [0.4, 0.5) is 11.4 Å². The summed E-state index contributed by atoms with van der Waals surface area (Å²) in [5.74, 6) is -0.307. The third kappa shape index (κ3) is 4.65. The van der Waals surface area contributed by atoms with Crippen molar-refractivity contribution in [1.82, 2.24) is 4.90 Å². The molecule has 0 spiro atoms. The van der Waals surface area contributed by atoms with Crippen molar-refractivity contribution in [2.24, 2.45) is 4.99 Å². The van der Waals surface area contributed by atoms with E-state index < -0.39 is 5.25 Å². The Hall–Kier alpha value is -2.86. The third-order valence-electron chi connectivity index (χ3n) is 4.09. The standard InChI is InChI=1S/C21H21N3O2S/c1-3-13-24-20(26)18(14-19(25)22-16-10-5-4-6-11-16)27-21(24)23-17-12-8-7-9-15(17)2/h3-12,18H,1,13-14H2,2H3,(H,22,25). The van der Waals surface area contributed by atoms with Crippen LogP contribution in [0.1, 0.15) is 12.0 Å². The molecule has 1 saturated heterocycles. The minimum Gasteiger partial charge on any atom is -0.326 e. The Morgan fingerprint density at radius 1 is 1.22 bits per heavy atom. The average Bonchev–Trinajstić information content (AvgIpc) is 2.93. The van der Waals surface area contributed by atoms with Crippen LogP contribution >= 0.6 is 11.8 Å². The van der Waals surface area contributed by atoms with Crippen LogP contribution in [0.15, 0.2) is 72.2 Å². The molecular weight excluding hydrogens is 358 g/mol. The Bertz CT molecular complexity index is 880. The number of nitrogens with one attached hydrogen (secondary N) is 1. The number of aryl methyl sites for hydroxylation is 1. The monoisotopic (exact) mass is 379 g/mol. The van der Waals surface area contributed by atoms with Gasteiger partial charge in [0.25, 0.3) is 0 Å². The molecule has 0 aromatic heterocycles. The Kier molecular flexibility index (Phi) is 6.08. The molecule has 27 heavy (non-hydrogen) atoms. The summed E-state index contributed by atoms with van der Waals surface area (Å²) in [4.78, 5) is 31.4. The molecule has 1 N–H and O–H groups in total. The number of amidine groups is 1. The minimum atomic E-state index is -0.489. The number of anilines is 1. The highest BCUT2D eigenvalue weighted by Gasteiger charge is 2.38. The predicted octanol–water partition coefficient (Wildman–Crippen LogP) is 4.14. The molecule has 1 unspecified atom stereocenters. The van der Waals surface area contributed by atoms with E-state index in [9.17, 15) is 9.59 Å². The van der Waals surface area contributed by atoms with Crippen LogP contribution in [0.2, 0.25) is 0 Å². The second-order valence-corrected chi connectivity index (χ2v) is 7.31. The van der Waals surface area contributed by atoms with E-state index >= 15 is 0 Å². The van der Waals surface area contributed by atoms with Gasteiger partial charge in [-0.05, 0) is 30.7 Å². The maximum absolute atomic E-state index is 12.8. The summed E-state index contributed by atoms with van der Waals surface area (Å²) in [7, 11) is 0. The average molecular weight is 379 g/mol.